The Hall–Kier alpha value is -2.54. The first kappa shape index (κ1) is 13.9. The minimum absolute atomic E-state index is 0.0389. The van der Waals surface area contributed by atoms with Crippen LogP contribution in [0.15, 0.2) is 36.5 Å². The molecule has 8 heteroatoms. The van der Waals surface area contributed by atoms with Crippen LogP contribution in [0.5, 0.6) is 0 Å². The Bertz CT molecular complexity index is 693. The van der Waals surface area contributed by atoms with Crippen molar-refractivity contribution in [3.63, 3.8) is 0 Å². The molecule has 0 saturated carbocycles. The summed E-state index contributed by atoms with van der Waals surface area (Å²) in [5.74, 6) is -1.40. The summed E-state index contributed by atoms with van der Waals surface area (Å²) in [6, 6.07) is 6.10. The molecule has 20 heavy (non-hydrogen) atoms. The zero-order valence-corrected chi connectivity index (χ0v) is 10.6. The summed E-state index contributed by atoms with van der Waals surface area (Å²) in [5, 5.41) is 13.1. The first-order valence-corrected chi connectivity index (χ1v) is 5.72. The minimum atomic E-state index is -0.792. The summed E-state index contributed by atoms with van der Waals surface area (Å²) < 4.78 is 12.9. The maximum Gasteiger partial charge on any atom is 0.289 e. The van der Waals surface area contributed by atoms with Gasteiger partial charge in [0.1, 0.15) is 5.02 Å². The number of hydrogen-bond donors (Lipinski definition) is 1. The van der Waals surface area contributed by atoms with Crippen LogP contribution in [0.1, 0.15) is 10.4 Å². The van der Waals surface area contributed by atoms with Gasteiger partial charge < -0.3 is 5.32 Å². The summed E-state index contributed by atoms with van der Waals surface area (Å²) in [5.41, 5.74) is -0.0937. The van der Waals surface area contributed by atoms with Crippen molar-refractivity contribution in [2.75, 3.05) is 5.32 Å². The topological polar surface area (TPSA) is 85.1 Å². The second-order valence-electron chi connectivity index (χ2n) is 3.74. The van der Waals surface area contributed by atoms with Crippen molar-refractivity contribution in [2.45, 2.75) is 0 Å². The molecule has 1 amide bonds. The van der Waals surface area contributed by atoms with Crippen LogP contribution >= 0.6 is 11.6 Å². The van der Waals surface area contributed by atoms with E-state index >= 15 is 0 Å². The highest BCUT2D eigenvalue weighted by Gasteiger charge is 2.14. The van der Waals surface area contributed by atoms with Gasteiger partial charge in [0, 0.05) is 29.6 Å². The van der Waals surface area contributed by atoms with E-state index in [9.17, 15) is 19.3 Å². The number of pyridine rings is 1. The van der Waals surface area contributed by atoms with Crippen molar-refractivity contribution in [2.24, 2.45) is 0 Å². The summed E-state index contributed by atoms with van der Waals surface area (Å²) in [7, 11) is 0. The molecule has 0 aliphatic carbocycles. The number of amides is 1. The molecule has 1 N–H and O–H groups in total. The first-order chi connectivity index (χ1) is 9.47. The molecule has 0 fully saturated rings. The molecule has 1 aromatic heterocycles. The van der Waals surface area contributed by atoms with Gasteiger partial charge in [0.15, 0.2) is 0 Å². The fourth-order valence-electron chi connectivity index (χ4n) is 1.48. The molecule has 1 aromatic carbocycles. The summed E-state index contributed by atoms with van der Waals surface area (Å²) in [6.07, 6.45) is 1.15. The molecule has 0 unspecified atom stereocenters. The summed E-state index contributed by atoms with van der Waals surface area (Å²) in [4.78, 5) is 25.2. The van der Waals surface area contributed by atoms with Gasteiger partial charge in [0.25, 0.3) is 11.6 Å². The maximum absolute atomic E-state index is 12.9. The molecule has 0 saturated heterocycles. The zero-order valence-electron chi connectivity index (χ0n) is 9.84. The molecule has 6 nitrogen and oxygen atoms in total. The fourth-order valence-corrected chi connectivity index (χ4v) is 1.66. The number of carbonyl (C=O) groups excluding carboxylic acids is 1. The molecule has 0 atom stereocenters. The molecular formula is C12H7ClFN3O3. The van der Waals surface area contributed by atoms with Crippen LogP contribution in [0.2, 0.25) is 5.02 Å². The lowest BCUT2D eigenvalue weighted by atomic mass is 10.2. The predicted molar refractivity (Wildman–Crippen MR) is 70.3 cm³/mol. The quantitative estimate of drug-likeness (QED) is 0.536. The second kappa shape index (κ2) is 5.62. The van der Waals surface area contributed by atoms with Crippen LogP contribution in [0.25, 0.3) is 0 Å². The molecule has 2 aromatic rings. The Labute approximate surface area is 117 Å². The van der Waals surface area contributed by atoms with Crippen LogP contribution in [-0.4, -0.2) is 15.8 Å². The standard InChI is InChI=1S/C12H7ClFN3O3/c13-9-2-1-8(6-10(9)17(19)20)16-12(18)7-3-4-15-11(14)5-7/h1-6H,(H,16,18). The molecule has 0 radical (unpaired) electrons. The van der Waals surface area contributed by atoms with Gasteiger partial charge >= 0.3 is 0 Å². The highest BCUT2D eigenvalue weighted by Crippen LogP contribution is 2.27. The van der Waals surface area contributed by atoms with Crippen LogP contribution in [0.4, 0.5) is 15.8 Å². The third kappa shape index (κ3) is 3.07. The lowest BCUT2D eigenvalue weighted by Gasteiger charge is -2.05. The maximum atomic E-state index is 12.9. The van der Waals surface area contributed by atoms with Crippen molar-refractivity contribution in [1.29, 1.82) is 0 Å². The number of rotatable bonds is 3. The van der Waals surface area contributed by atoms with E-state index in [1.54, 1.807) is 0 Å². The Morgan fingerprint density at radius 1 is 1.35 bits per heavy atom. The average molecular weight is 296 g/mol. The van der Waals surface area contributed by atoms with Crippen molar-refractivity contribution in [1.82, 2.24) is 4.98 Å². The van der Waals surface area contributed by atoms with Crippen LogP contribution in [-0.2, 0) is 0 Å². The molecule has 0 bridgehead atoms. The normalized spacial score (nSPS) is 10.1. The van der Waals surface area contributed by atoms with Crippen LogP contribution in [0.3, 0.4) is 0 Å². The van der Waals surface area contributed by atoms with E-state index in [4.69, 9.17) is 11.6 Å². The van der Waals surface area contributed by atoms with Gasteiger partial charge in [0.05, 0.1) is 4.92 Å². The Kier molecular flexibility index (Phi) is 3.90. The molecule has 0 aliphatic heterocycles. The monoisotopic (exact) mass is 295 g/mol. The third-order valence-corrected chi connectivity index (χ3v) is 2.71. The van der Waals surface area contributed by atoms with E-state index in [-0.39, 0.29) is 22.0 Å². The Morgan fingerprint density at radius 2 is 2.10 bits per heavy atom. The number of carbonyl (C=O) groups is 1. The lowest BCUT2D eigenvalue weighted by Crippen LogP contribution is -2.12. The number of aromatic nitrogens is 1. The van der Waals surface area contributed by atoms with E-state index in [0.717, 1.165) is 18.3 Å². The van der Waals surface area contributed by atoms with Gasteiger partial charge in [-0.2, -0.15) is 4.39 Å². The van der Waals surface area contributed by atoms with Crippen molar-refractivity contribution in [3.05, 3.63) is 63.2 Å². The van der Waals surface area contributed by atoms with Gasteiger partial charge in [-0.15, -0.1) is 0 Å². The number of nitro groups is 1. The number of halogens is 2. The van der Waals surface area contributed by atoms with Gasteiger partial charge in [0.2, 0.25) is 5.95 Å². The van der Waals surface area contributed by atoms with Crippen LogP contribution in [0, 0.1) is 16.1 Å². The van der Waals surface area contributed by atoms with Crippen molar-refractivity contribution in [3.8, 4) is 0 Å². The van der Waals surface area contributed by atoms with E-state index in [1.165, 1.54) is 18.2 Å². The van der Waals surface area contributed by atoms with E-state index in [0.29, 0.717) is 0 Å². The molecular weight excluding hydrogens is 289 g/mol. The third-order valence-electron chi connectivity index (χ3n) is 2.39. The lowest BCUT2D eigenvalue weighted by molar-refractivity contribution is -0.384. The zero-order chi connectivity index (χ0) is 14.7. The SMILES string of the molecule is O=C(Nc1ccc(Cl)c([N+](=O)[O-])c1)c1ccnc(F)c1. The minimum Gasteiger partial charge on any atom is -0.322 e. The number of benzene rings is 1. The Morgan fingerprint density at radius 3 is 2.75 bits per heavy atom. The average Bonchev–Trinajstić information content (AvgIpc) is 2.40. The summed E-state index contributed by atoms with van der Waals surface area (Å²) in [6.45, 7) is 0. The van der Waals surface area contributed by atoms with Gasteiger partial charge in [-0.1, -0.05) is 11.6 Å². The van der Waals surface area contributed by atoms with E-state index < -0.39 is 16.8 Å². The van der Waals surface area contributed by atoms with Crippen molar-refractivity contribution < 1.29 is 14.1 Å². The highest BCUT2D eigenvalue weighted by molar-refractivity contribution is 6.32. The van der Waals surface area contributed by atoms with Crippen molar-refractivity contribution >= 4 is 28.9 Å². The number of nitrogens with zero attached hydrogens (tertiary/aromatic N) is 2. The van der Waals surface area contributed by atoms with E-state index in [2.05, 4.69) is 10.3 Å². The summed E-state index contributed by atoms with van der Waals surface area (Å²) >= 11 is 5.65. The largest absolute Gasteiger partial charge is 0.322 e. The highest BCUT2D eigenvalue weighted by atomic mass is 35.5. The smallest absolute Gasteiger partial charge is 0.289 e. The number of nitro benzene ring substituents is 1. The number of anilines is 1. The van der Waals surface area contributed by atoms with Gasteiger partial charge in [-0.25, -0.2) is 4.98 Å². The first-order valence-electron chi connectivity index (χ1n) is 5.34. The molecule has 1 heterocycles. The number of hydrogen-bond acceptors (Lipinski definition) is 4. The molecule has 2 rings (SSSR count). The molecule has 102 valence electrons. The number of nitrogens with one attached hydrogen (secondary N) is 1. The molecule has 0 spiro atoms. The van der Waals surface area contributed by atoms with Crippen LogP contribution < -0.4 is 5.32 Å². The second-order valence-corrected chi connectivity index (χ2v) is 4.15. The predicted octanol–water partition coefficient (Wildman–Crippen LogP) is 3.03. The molecule has 0 aliphatic rings. The van der Waals surface area contributed by atoms with Gasteiger partial charge in [-0.3, -0.25) is 14.9 Å². The van der Waals surface area contributed by atoms with Gasteiger partial charge in [-0.05, 0) is 18.2 Å². The van der Waals surface area contributed by atoms with E-state index in [1.807, 2.05) is 0 Å². The fraction of sp³-hybridized carbons (Fsp3) is 0. The Balaban J connectivity index is 2.24.